The number of tetrazole rings is 1. The Morgan fingerprint density at radius 3 is 1.93 bits per heavy atom. The first-order valence-electron chi connectivity index (χ1n) is 8.98. The van der Waals surface area contributed by atoms with Crippen molar-refractivity contribution in [2.24, 2.45) is 0 Å². The van der Waals surface area contributed by atoms with Gasteiger partial charge in [-0.25, -0.2) is 4.98 Å². The molecule has 4 aromatic rings. The molecule has 0 bridgehead atoms. The maximum Gasteiger partial charge on any atom is 0.274 e. The van der Waals surface area contributed by atoms with Crippen molar-refractivity contribution < 1.29 is 9.47 Å². The molecule has 7 heteroatoms. The minimum Gasteiger partial charge on any atom is -0.497 e. The lowest BCUT2D eigenvalue weighted by Gasteiger charge is -2.02. The molecule has 0 fully saturated rings. The number of hydrogen-bond donors (Lipinski definition) is 0. The van der Waals surface area contributed by atoms with E-state index < -0.39 is 0 Å². The number of rotatable bonds is 6. The fourth-order valence-electron chi connectivity index (χ4n) is 2.78. The van der Waals surface area contributed by atoms with E-state index in [1.807, 2.05) is 78.9 Å². The molecule has 0 saturated carbocycles. The molecule has 0 aliphatic carbocycles. The van der Waals surface area contributed by atoms with Gasteiger partial charge in [0.25, 0.3) is 5.78 Å². The first-order chi connectivity index (χ1) is 14.2. The third-order valence-electron chi connectivity index (χ3n) is 4.35. The van der Waals surface area contributed by atoms with Gasteiger partial charge >= 0.3 is 0 Å². The normalized spacial score (nSPS) is 11.5. The van der Waals surface area contributed by atoms with Gasteiger partial charge in [-0.2, -0.15) is 4.52 Å². The van der Waals surface area contributed by atoms with Crippen LogP contribution in [0.2, 0.25) is 0 Å². The maximum absolute atomic E-state index is 5.19. The summed E-state index contributed by atoms with van der Waals surface area (Å²) < 4.78 is 12.0. The summed E-state index contributed by atoms with van der Waals surface area (Å²) in [5.74, 6) is 2.08. The van der Waals surface area contributed by atoms with Gasteiger partial charge in [-0.15, -0.1) is 0 Å². The van der Waals surface area contributed by atoms with Crippen molar-refractivity contribution in [1.82, 2.24) is 25.0 Å². The molecule has 0 amide bonds. The van der Waals surface area contributed by atoms with Gasteiger partial charge in [-0.1, -0.05) is 41.5 Å². The van der Waals surface area contributed by atoms with Crippen molar-refractivity contribution in [1.29, 1.82) is 0 Å². The van der Waals surface area contributed by atoms with E-state index in [0.717, 1.165) is 34.0 Å². The van der Waals surface area contributed by atoms with Crippen LogP contribution in [-0.4, -0.2) is 39.2 Å². The Hall–Kier alpha value is -4.00. The summed E-state index contributed by atoms with van der Waals surface area (Å²) in [6.07, 6.45) is 7.87. The molecular weight excluding hydrogens is 366 g/mol. The van der Waals surface area contributed by atoms with Crippen LogP contribution in [0.3, 0.4) is 0 Å². The number of benzene rings is 2. The average Bonchev–Trinajstić information content (AvgIpc) is 3.25. The van der Waals surface area contributed by atoms with Gasteiger partial charge in [0.2, 0.25) is 0 Å². The molecule has 2 aromatic heterocycles. The summed E-state index contributed by atoms with van der Waals surface area (Å²) >= 11 is 0. The first-order valence-corrected chi connectivity index (χ1v) is 8.98. The number of hydrogen-bond acceptors (Lipinski definition) is 6. The van der Waals surface area contributed by atoms with Crippen LogP contribution < -0.4 is 9.47 Å². The van der Waals surface area contributed by atoms with Crippen molar-refractivity contribution in [2.45, 2.75) is 0 Å². The fourth-order valence-corrected chi connectivity index (χ4v) is 2.78. The molecule has 2 aromatic carbocycles. The van der Waals surface area contributed by atoms with Crippen LogP contribution in [0, 0.1) is 0 Å². The van der Waals surface area contributed by atoms with E-state index in [-0.39, 0.29) is 0 Å². The van der Waals surface area contributed by atoms with Gasteiger partial charge in [0, 0.05) is 0 Å². The van der Waals surface area contributed by atoms with E-state index in [0.29, 0.717) is 5.78 Å². The maximum atomic E-state index is 5.19. The van der Waals surface area contributed by atoms with Crippen molar-refractivity contribution in [3.63, 3.8) is 0 Å². The SMILES string of the molecule is COc1ccc(/C=C/c2cc(/C=C/c3ccc(OC)cc3)n3nnnc3n2)cc1. The Labute approximate surface area is 167 Å². The smallest absolute Gasteiger partial charge is 0.274 e. The van der Waals surface area contributed by atoms with Crippen molar-refractivity contribution in [3.05, 3.63) is 77.1 Å². The molecule has 7 nitrogen and oxygen atoms in total. The second kappa shape index (κ2) is 8.35. The molecule has 0 unspecified atom stereocenters. The summed E-state index contributed by atoms with van der Waals surface area (Å²) in [6.45, 7) is 0. The van der Waals surface area contributed by atoms with E-state index in [1.165, 1.54) is 0 Å². The summed E-state index contributed by atoms with van der Waals surface area (Å²) in [7, 11) is 3.30. The Kier molecular flexibility index (Phi) is 5.29. The third-order valence-corrected chi connectivity index (χ3v) is 4.35. The number of fused-ring (bicyclic) bond motifs is 1. The summed E-state index contributed by atoms with van der Waals surface area (Å²) in [5.41, 5.74) is 3.67. The average molecular weight is 385 g/mol. The second-order valence-electron chi connectivity index (χ2n) is 6.21. The van der Waals surface area contributed by atoms with E-state index in [9.17, 15) is 0 Å². The molecular formula is C22H19N5O2. The number of nitrogens with zero attached hydrogens (tertiary/aromatic N) is 5. The van der Waals surface area contributed by atoms with E-state index in [1.54, 1.807) is 18.7 Å². The van der Waals surface area contributed by atoms with Crippen LogP contribution in [0.25, 0.3) is 30.1 Å². The van der Waals surface area contributed by atoms with Gasteiger partial charge in [0.15, 0.2) is 0 Å². The molecule has 144 valence electrons. The van der Waals surface area contributed by atoms with Crippen LogP contribution >= 0.6 is 0 Å². The van der Waals surface area contributed by atoms with E-state index >= 15 is 0 Å². The second-order valence-corrected chi connectivity index (χ2v) is 6.21. The molecule has 0 aliphatic heterocycles. The summed E-state index contributed by atoms with van der Waals surface area (Å²) in [5, 5.41) is 11.7. The van der Waals surface area contributed by atoms with Gasteiger partial charge in [0.1, 0.15) is 11.5 Å². The third kappa shape index (κ3) is 4.30. The van der Waals surface area contributed by atoms with Crippen LogP contribution in [0.5, 0.6) is 11.5 Å². The minimum absolute atomic E-state index is 0.441. The molecule has 0 saturated heterocycles. The van der Waals surface area contributed by atoms with Gasteiger partial charge < -0.3 is 9.47 Å². The quantitative estimate of drug-likeness (QED) is 0.501. The highest BCUT2D eigenvalue weighted by Gasteiger charge is 2.05. The zero-order chi connectivity index (χ0) is 20.1. The van der Waals surface area contributed by atoms with Gasteiger partial charge in [-0.05, 0) is 64.0 Å². The van der Waals surface area contributed by atoms with Gasteiger partial charge in [-0.3, -0.25) is 0 Å². The molecule has 0 radical (unpaired) electrons. The Bertz CT molecular complexity index is 1160. The zero-order valence-electron chi connectivity index (χ0n) is 16.1. The molecule has 0 atom stereocenters. The number of aromatic nitrogens is 5. The molecule has 4 rings (SSSR count). The fraction of sp³-hybridized carbons (Fsp3) is 0.0909. The largest absolute Gasteiger partial charge is 0.497 e. The predicted molar refractivity (Wildman–Crippen MR) is 112 cm³/mol. The lowest BCUT2D eigenvalue weighted by molar-refractivity contribution is 0.414. The standard InChI is InChI=1S/C22H19N5O2/c1-28-20-11-5-16(6-12-20)3-9-18-15-19(27-22(23-18)24-25-26-27)10-4-17-7-13-21(29-2)14-8-17/h3-15H,1-2H3/b9-3+,10-4+. The van der Waals surface area contributed by atoms with Crippen molar-refractivity contribution in [2.75, 3.05) is 14.2 Å². The highest BCUT2D eigenvalue weighted by molar-refractivity contribution is 5.73. The van der Waals surface area contributed by atoms with E-state index in [4.69, 9.17) is 9.47 Å². The van der Waals surface area contributed by atoms with Crippen molar-refractivity contribution >= 4 is 30.1 Å². The minimum atomic E-state index is 0.441. The lowest BCUT2D eigenvalue weighted by atomic mass is 10.1. The summed E-state index contributed by atoms with van der Waals surface area (Å²) in [4.78, 5) is 4.49. The topological polar surface area (TPSA) is 74.4 Å². The summed E-state index contributed by atoms with van der Waals surface area (Å²) in [6, 6.07) is 17.5. The molecule has 0 aliphatic rings. The van der Waals surface area contributed by atoms with Crippen molar-refractivity contribution in [3.8, 4) is 11.5 Å². The Morgan fingerprint density at radius 2 is 1.34 bits per heavy atom. The Morgan fingerprint density at radius 1 is 0.759 bits per heavy atom. The van der Waals surface area contributed by atoms with Crippen LogP contribution in [0.4, 0.5) is 0 Å². The zero-order valence-corrected chi connectivity index (χ0v) is 16.1. The molecule has 29 heavy (non-hydrogen) atoms. The first kappa shape index (κ1) is 18.4. The lowest BCUT2D eigenvalue weighted by Crippen LogP contribution is -1.98. The highest BCUT2D eigenvalue weighted by Crippen LogP contribution is 2.16. The Balaban J connectivity index is 1.62. The van der Waals surface area contributed by atoms with E-state index in [2.05, 4.69) is 20.5 Å². The van der Waals surface area contributed by atoms with Crippen LogP contribution in [-0.2, 0) is 0 Å². The number of ether oxygens (including phenoxy) is 2. The molecule has 0 spiro atoms. The predicted octanol–water partition coefficient (Wildman–Crippen LogP) is 3.88. The number of methoxy groups -OCH3 is 2. The molecule has 2 heterocycles. The van der Waals surface area contributed by atoms with Gasteiger partial charge in [0.05, 0.1) is 25.6 Å². The molecule has 0 N–H and O–H groups in total. The van der Waals surface area contributed by atoms with Crippen LogP contribution in [0.15, 0.2) is 54.6 Å². The monoisotopic (exact) mass is 385 g/mol. The highest BCUT2D eigenvalue weighted by atomic mass is 16.5. The van der Waals surface area contributed by atoms with Crippen LogP contribution in [0.1, 0.15) is 22.5 Å².